The molecular formula is C21H33N3O5S. The first-order valence-corrected chi connectivity index (χ1v) is 12.7. The quantitative estimate of drug-likeness (QED) is 0.403. The number of pyridine rings is 1. The van der Waals surface area contributed by atoms with Crippen molar-refractivity contribution < 1.29 is 23.1 Å². The van der Waals surface area contributed by atoms with Crippen molar-refractivity contribution in [2.75, 3.05) is 23.9 Å². The van der Waals surface area contributed by atoms with Gasteiger partial charge in [-0.25, -0.2) is 18.2 Å². The number of carbonyl (C=O) groups excluding carboxylic acids is 1. The van der Waals surface area contributed by atoms with E-state index >= 15 is 0 Å². The summed E-state index contributed by atoms with van der Waals surface area (Å²) in [5.41, 5.74) is 2.40. The summed E-state index contributed by atoms with van der Waals surface area (Å²) in [6, 6.07) is 3.31. The van der Waals surface area contributed by atoms with Gasteiger partial charge in [0.25, 0.3) is 0 Å². The maximum absolute atomic E-state index is 11.8. The topological polar surface area (TPSA) is 125 Å². The third kappa shape index (κ3) is 9.11. The molecule has 0 saturated carbocycles. The Balaban J connectivity index is 1.60. The van der Waals surface area contributed by atoms with Crippen LogP contribution in [0.2, 0.25) is 0 Å². The maximum atomic E-state index is 11.8. The lowest BCUT2D eigenvalue weighted by molar-refractivity contribution is -0.142. The average Bonchev–Trinajstić information content (AvgIpc) is 2.70. The number of nitrogens with one attached hydrogen (secondary N) is 2. The fourth-order valence-corrected chi connectivity index (χ4v) is 4.05. The van der Waals surface area contributed by atoms with E-state index in [1.165, 1.54) is 5.56 Å². The first kappa shape index (κ1) is 24.1. The number of aliphatic carboxylic acids is 1. The second kappa shape index (κ2) is 11.9. The molecular weight excluding hydrogens is 406 g/mol. The van der Waals surface area contributed by atoms with Crippen LogP contribution in [0, 0.1) is 0 Å². The minimum atomic E-state index is -3.25. The average molecular weight is 440 g/mol. The van der Waals surface area contributed by atoms with E-state index in [1.807, 2.05) is 0 Å². The van der Waals surface area contributed by atoms with Crippen molar-refractivity contribution in [3.8, 4) is 0 Å². The normalized spacial score (nSPS) is 14.4. The third-order valence-electron chi connectivity index (χ3n) is 5.21. The number of carboxylic acid groups (broad SMARTS) is 1. The van der Waals surface area contributed by atoms with Crippen LogP contribution in [-0.2, 0) is 32.3 Å². The number of hydrogen-bond acceptors (Lipinski definition) is 6. The Morgan fingerprint density at radius 1 is 1.20 bits per heavy atom. The molecule has 1 aromatic rings. The number of fused-ring (bicyclic) bond motifs is 1. The Morgan fingerprint density at radius 2 is 1.93 bits per heavy atom. The fourth-order valence-electron chi connectivity index (χ4n) is 3.49. The number of carboxylic acids is 1. The summed E-state index contributed by atoms with van der Waals surface area (Å²) in [6.45, 7) is 0.985. The van der Waals surface area contributed by atoms with E-state index in [2.05, 4.69) is 22.8 Å². The number of aromatic nitrogens is 1. The number of aryl methyl sites for hydroxylation is 2. The van der Waals surface area contributed by atoms with Gasteiger partial charge in [-0.15, -0.1) is 0 Å². The number of unbranched alkanes of at least 4 members (excludes halogenated alkanes) is 4. The van der Waals surface area contributed by atoms with Gasteiger partial charge in [-0.1, -0.05) is 31.7 Å². The van der Waals surface area contributed by atoms with E-state index in [-0.39, 0.29) is 12.2 Å². The van der Waals surface area contributed by atoms with Crippen LogP contribution in [-0.4, -0.2) is 55.0 Å². The molecule has 0 aromatic carbocycles. The van der Waals surface area contributed by atoms with Gasteiger partial charge in [0.1, 0.15) is 21.7 Å². The summed E-state index contributed by atoms with van der Waals surface area (Å²) in [5.74, 6) is -0.882. The lowest BCUT2D eigenvalue weighted by Gasteiger charge is -2.17. The van der Waals surface area contributed by atoms with Crippen molar-refractivity contribution in [1.82, 2.24) is 10.3 Å². The number of nitrogens with zero attached hydrogens (tertiary/aromatic N) is 1. The molecule has 9 heteroatoms. The van der Waals surface area contributed by atoms with Gasteiger partial charge in [-0.05, 0) is 43.7 Å². The van der Waals surface area contributed by atoms with Crippen LogP contribution in [0.1, 0.15) is 62.6 Å². The van der Waals surface area contributed by atoms with E-state index in [4.69, 9.17) is 4.98 Å². The molecule has 168 valence electrons. The predicted octanol–water partition coefficient (Wildman–Crippen LogP) is 2.33. The molecule has 0 fully saturated rings. The first-order valence-electron chi connectivity index (χ1n) is 10.7. The van der Waals surface area contributed by atoms with Crippen LogP contribution in [0.4, 0.5) is 5.82 Å². The molecule has 2 heterocycles. The standard InChI is InChI=1S/C21H33N3O5S/c1-30(28,29)15-13-19(25)24-18(21(26)27)10-6-4-2-3-5-9-17-12-11-16-8-7-14-22-20(16)23-17/h11-12,18H,2-10,13-15H2,1H3,(H,22,23)(H,24,25)(H,26,27). The third-order valence-corrected chi connectivity index (χ3v) is 6.16. The molecule has 8 nitrogen and oxygen atoms in total. The molecule has 1 unspecified atom stereocenters. The molecule has 1 amide bonds. The van der Waals surface area contributed by atoms with Crippen LogP contribution in [0.25, 0.3) is 0 Å². The van der Waals surface area contributed by atoms with Gasteiger partial charge >= 0.3 is 5.97 Å². The number of hydrogen-bond donors (Lipinski definition) is 3. The summed E-state index contributed by atoms with van der Waals surface area (Å²) >= 11 is 0. The van der Waals surface area contributed by atoms with Gasteiger partial charge in [0.15, 0.2) is 0 Å². The monoisotopic (exact) mass is 439 g/mol. The molecule has 30 heavy (non-hydrogen) atoms. The minimum absolute atomic E-state index is 0.213. The molecule has 0 spiro atoms. The van der Waals surface area contributed by atoms with Gasteiger partial charge in [0.2, 0.25) is 5.91 Å². The Hall–Kier alpha value is -2.16. The molecule has 1 aromatic heterocycles. The number of amides is 1. The zero-order valence-corrected chi connectivity index (χ0v) is 18.5. The Morgan fingerprint density at radius 3 is 2.67 bits per heavy atom. The maximum Gasteiger partial charge on any atom is 0.326 e. The number of rotatable bonds is 13. The second-order valence-corrected chi connectivity index (χ2v) is 10.2. The number of anilines is 1. The summed E-state index contributed by atoms with van der Waals surface area (Å²) in [5, 5.41) is 15.0. The predicted molar refractivity (Wildman–Crippen MR) is 116 cm³/mol. The van der Waals surface area contributed by atoms with E-state index < -0.39 is 27.8 Å². The zero-order chi connectivity index (χ0) is 22.0. The molecule has 0 aliphatic carbocycles. The highest BCUT2D eigenvalue weighted by Crippen LogP contribution is 2.20. The van der Waals surface area contributed by atoms with Crippen molar-refractivity contribution in [3.05, 3.63) is 23.4 Å². The van der Waals surface area contributed by atoms with Crippen LogP contribution < -0.4 is 10.6 Å². The van der Waals surface area contributed by atoms with Gasteiger partial charge < -0.3 is 15.7 Å². The van der Waals surface area contributed by atoms with Crippen molar-refractivity contribution in [2.24, 2.45) is 0 Å². The SMILES string of the molecule is CS(=O)(=O)CCC(=O)NC(CCCCCCCc1ccc2c(n1)NCCC2)C(=O)O. The zero-order valence-electron chi connectivity index (χ0n) is 17.7. The Bertz CT molecular complexity index is 826. The molecule has 2 rings (SSSR count). The highest BCUT2D eigenvalue weighted by Gasteiger charge is 2.20. The molecule has 1 aliphatic rings. The van der Waals surface area contributed by atoms with Gasteiger partial charge in [0, 0.05) is 24.9 Å². The van der Waals surface area contributed by atoms with E-state index in [9.17, 15) is 23.1 Å². The van der Waals surface area contributed by atoms with Crippen LogP contribution in [0.5, 0.6) is 0 Å². The minimum Gasteiger partial charge on any atom is -0.480 e. The lowest BCUT2D eigenvalue weighted by Crippen LogP contribution is -2.41. The first-order chi connectivity index (χ1) is 14.2. The van der Waals surface area contributed by atoms with Gasteiger partial charge in [-0.2, -0.15) is 0 Å². The molecule has 1 atom stereocenters. The second-order valence-electron chi connectivity index (χ2n) is 7.99. The molecule has 1 aliphatic heterocycles. The lowest BCUT2D eigenvalue weighted by atomic mass is 10.0. The van der Waals surface area contributed by atoms with Gasteiger partial charge in [-0.3, -0.25) is 4.79 Å². The van der Waals surface area contributed by atoms with Crippen molar-refractivity contribution in [2.45, 2.75) is 70.3 Å². The van der Waals surface area contributed by atoms with E-state index in [0.29, 0.717) is 12.8 Å². The van der Waals surface area contributed by atoms with Crippen LogP contribution in [0.15, 0.2) is 12.1 Å². The molecule has 0 radical (unpaired) electrons. The largest absolute Gasteiger partial charge is 0.480 e. The highest BCUT2D eigenvalue weighted by atomic mass is 32.2. The molecule has 0 saturated heterocycles. The highest BCUT2D eigenvalue weighted by molar-refractivity contribution is 7.90. The number of sulfone groups is 1. The van der Waals surface area contributed by atoms with Crippen molar-refractivity contribution in [1.29, 1.82) is 0 Å². The van der Waals surface area contributed by atoms with Crippen molar-refractivity contribution in [3.63, 3.8) is 0 Å². The summed E-state index contributed by atoms with van der Waals surface area (Å²) in [6.07, 6.45) is 9.03. The van der Waals surface area contributed by atoms with E-state index in [0.717, 1.165) is 69.3 Å². The summed E-state index contributed by atoms with van der Waals surface area (Å²) in [7, 11) is -3.25. The summed E-state index contributed by atoms with van der Waals surface area (Å²) < 4.78 is 22.2. The Labute approximate surface area is 178 Å². The Kier molecular flexibility index (Phi) is 9.55. The molecule has 3 N–H and O–H groups in total. The van der Waals surface area contributed by atoms with Gasteiger partial charge in [0.05, 0.1) is 5.75 Å². The van der Waals surface area contributed by atoms with Crippen LogP contribution >= 0.6 is 0 Å². The smallest absolute Gasteiger partial charge is 0.326 e. The van der Waals surface area contributed by atoms with E-state index in [1.54, 1.807) is 0 Å². The number of carbonyl (C=O) groups is 2. The van der Waals surface area contributed by atoms with Crippen molar-refractivity contribution >= 4 is 27.5 Å². The molecule has 0 bridgehead atoms. The summed E-state index contributed by atoms with van der Waals surface area (Å²) in [4.78, 5) is 27.8. The van der Waals surface area contributed by atoms with Crippen LogP contribution in [0.3, 0.4) is 0 Å². The fraction of sp³-hybridized carbons (Fsp3) is 0.667.